The van der Waals surface area contributed by atoms with Gasteiger partial charge in [-0.2, -0.15) is 0 Å². The van der Waals surface area contributed by atoms with Crippen molar-refractivity contribution in [2.45, 2.75) is 33.2 Å². The summed E-state index contributed by atoms with van der Waals surface area (Å²) in [4.78, 5) is 13.4. The van der Waals surface area contributed by atoms with Gasteiger partial charge < -0.3 is 14.4 Å². The number of carbonyl (C=O) groups excluding carboxylic acids is 1. The van der Waals surface area contributed by atoms with Crippen molar-refractivity contribution in [3.63, 3.8) is 0 Å². The molecule has 4 nitrogen and oxygen atoms in total. The number of likely N-dealkylation sites (tertiary alicyclic amines) is 1. The number of nitrogens with zero attached hydrogens (tertiary/aromatic N) is 1. The third kappa shape index (κ3) is 2.88. The standard InChI is InChI=1S/C12H23NO3/c1-12(2,3)9-6-10(8-15-4)13(7-9)11(14)16-5/h9-10H,6-8H2,1-5H3/t9-,10+/m0/s1. The lowest BCUT2D eigenvalue weighted by molar-refractivity contribution is 0.0868. The molecule has 1 aliphatic rings. The van der Waals surface area contributed by atoms with Gasteiger partial charge in [-0.3, -0.25) is 0 Å². The molecule has 1 aliphatic heterocycles. The van der Waals surface area contributed by atoms with Crippen LogP contribution in [0.2, 0.25) is 0 Å². The normalized spacial score (nSPS) is 25.9. The molecule has 0 N–H and O–H groups in total. The van der Waals surface area contributed by atoms with E-state index in [1.54, 1.807) is 12.0 Å². The summed E-state index contributed by atoms with van der Waals surface area (Å²) in [6, 6.07) is 0.154. The van der Waals surface area contributed by atoms with Crippen molar-refractivity contribution >= 4 is 6.09 Å². The summed E-state index contributed by atoms with van der Waals surface area (Å²) in [5.74, 6) is 0.506. The summed E-state index contributed by atoms with van der Waals surface area (Å²) >= 11 is 0. The van der Waals surface area contributed by atoms with Gasteiger partial charge in [0.1, 0.15) is 0 Å². The highest BCUT2D eigenvalue weighted by molar-refractivity contribution is 5.68. The third-order valence-electron chi connectivity index (χ3n) is 3.41. The van der Waals surface area contributed by atoms with E-state index in [2.05, 4.69) is 20.8 Å². The van der Waals surface area contributed by atoms with Gasteiger partial charge >= 0.3 is 6.09 Å². The van der Waals surface area contributed by atoms with Gasteiger partial charge in [0.25, 0.3) is 0 Å². The van der Waals surface area contributed by atoms with Crippen LogP contribution in [0.4, 0.5) is 4.79 Å². The van der Waals surface area contributed by atoms with Crippen LogP contribution < -0.4 is 0 Å². The summed E-state index contributed by atoms with van der Waals surface area (Å²) < 4.78 is 9.97. The Balaban J connectivity index is 2.72. The Bertz CT molecular complexity index is 247. The fraction of sp³-hybridized carbons (Fsp3) is 0.917. The second kappa shape index (κ2) is 5.04. The minimum atomic E-state index is -0.242. The zero-order valence-electron chi connectivity index (χ0n) is 10.9. The van der Waals surface area contributed by atoms with Gasteiger partial charge in [-0.05, 0) is 17.8 Å². The van der Waals surface area contributed by atoms with E-state index in [0.717, 1.165) is 13.0 Å². The molecule has 1 heterocycles. The van der Waals surface area contributed by atoms with Crippen LogP contribution in [0, 0.1) is 11.3 Å². The Morgan fingerprint density at radius 1 is 1.38 bits per heavy atom. The molecule has 1 rings (SSSR count). The highest BCUT2D eigenvalue weighted by atomic mass is 16.5. The third-order valence-corrected chi connectivity index (χ3v) is 3.41. The zero-order valence-corrected chi connectivity index (χ0v) is 10.9. The first-order chi connectivity index (χ1) is 7.40. The first-order valence-electron chi connectivity index (χ1n) is 5.73. The van der Waals surface area contributed by atoms with E-state index in [1.165, 1.54) is 7.11 Å². The van der Waals surface area contributed by atoms with Crippen LogP contribution in [-0.4, -0.2) is 44.4 Å². The summed E-state index contributed by atoms with van der Waals surface area (Å²) in [7, 11) is 3.09. The molecule has 0 radical (unpaired) electrons. The average Bonchev–Trinajstić information content (AvgIpc) is 2.61. The first-order valence-corrected chi connectivity index (χ1v) is 5.73. The number of ether oxygens (including phenoxy) is 2. The smallest absolute Gasteiger partial charge is 0.409 e. The van der Waals surface area contributed by atoms with Crippen molar-refractivity contribution in [3.05, 3.63) is 0 Å². The quantitative estimate of drug-likeness (QED) is 0.728. The Hall–Kier alpha value is -0.770. The topological polar surface area (TPSA) is 38.8 Å². The van der Waals surface area contributed by atoms with E-state index in [1.807, 2.05) is 0 Å². The van der Waals surface area contributed by atoms with Crippen LogP contribution in [0.25, 0.3) is 0 Å². The molecule has 16 heavy (non-hydrogen) atoms. The number of amides is 1. The molecule has 0 aliphatic carbocycles. The van der Waals surface area contributed by atoms with Gasteiger partial charge in [0.15, 0.2) is 0 Å². The van der Waals surface area contributed by atoms with Gasteiger partial charge in [0.05, 0.1) is 19.8 Å². The molecule has 0 aromatic rings. The van der Waals surface area contributed by atoms with E-state index in [0.29, 0.717) is 12.5 Å². The first kappa shape index (κ1) is 13.3. The predicted molar refractivity (Wildman–Crippen MR) is 62.3 cm³/mol. The van der Waals surface area contributed by atoms with Crippen molar-refractivity contribution in [1.29, 1.82) is 0 Å². The van der Waals surface area contributed by atoms with Gasteiger partial charge in [0, 0.05) is 13.7 Å². The molecule has 1 amide bonds. The Labute approximate surface area is 97.9 Å². The van der Waals surface area contributed by atoms with Crippen LogP contribution in [-0.2, 0) is 9.47 Å². The molecule has 94 valence electrons. The van der Waals surface area contributed by atoms with Crippen molar-refractivity contribution in [3.8, 4) is 0 Å². The Morgan fingerprint density at radius 2 is 2.00 bits per heavy atom. The van der Waals surface area contributed by atoms with Crippen LogP contribution in [0.3, 0.4) is 0 Å². The van der Waals surface area contributed by atoms with Crippen molar-refractivity contribution in [1.82, 2.24) is 4.90 Å². The zero-order chi connectivity index (χ0) is 12.3. The summed E-state index contributed by atoms with van der Waals surface area (Å²) in [6.45, 7) is 7.98. The molecule has 0 aromatic heterocycles. The average molecular weight is 229 g/mol. The fourth-order valence-corrected chi connectivity index (χ4v) is 2.24. The molecule has 4 heteroatoms. The van der Waals surface area contributed by atoms with E-state index in [9.17, 15) is 4.79 Å². The molecule has 0 aromatic carbocycles. The van der Waals surface area contributed by atoms with E-state index in [4.69, 9.17) is 9.47 Å². The summed E-state index contributed by atoms with van der Waals surface area (Å²) in [5.41, 5.74) is 0.217. The maximum Gasteiger partial charge on any atom is 0.409 e. The second-order valence-corrected chi connectivity index (χ2v) is 5.53. The maximum atomic E-state index is 11.6. The molecule has 2 atom stereocenters. The number of methoxy groups -OCH3 is 2. The lowest BCUT2D eigenvalue weighted by Gasteiger charge is -2.26. The molecule has 0 saturated carbocycles. The van der Waals surface area contributed by atoms with Crippen LogP contribution in [0.5, 0.6) is 0 Å². The second-order valence-electron chi connectivity index (χ2n) is 5.53. The number of hydrogen-bond acceptors (Lipinski definition) is 3. The highest BCUT2D eigenvalue weighted by Crippen LogP contribution is 2.37. The van der Waals surface area contributed by atoms with Crippen molar-refractivity contribution < 1.29 is 14.3 Å². The van der Waals surface area contributed by atoms with Crippen LogP contribution in [0.15, 0.2) is 0 Å². The lowest BCUT2D eigenvalue weighted by atomic mass is 9.79. The van der Waals surface area contributed by atoms with Crippen molar-refractivity contribution in [2.75, 3.05) is 27.4 Å². The van der Waals surface area contributed by atoms with Crippen LogP contribution >= 0.6 is 0 Å². The maximum absolute atomic E-state index is 11.6. The monoisotopic (exact) mass is 229 g/mol. The Kier molecular flexibility index (Phi) is 4.19. The SMILES string of the molecule is COC[C@H]1C[C@H](C(C)(C)C)CN1C(=O)OC. The van der Waals surface area contributed by atoms with E-state index < -0.39 is 0 Å². The van der Waals surface area contributed by atoms with Gasteiger partial charge in [0.2, 0.25) is 0 Å². The number of carbonyl (C=O) groups is 1. The molecule has 0 spiro atoms. The van der Waals surface area contributed by atoms with Gasteiger partial charge in [-0.15, -0.1) is 0 Å². The molecule has 0 unspecified atom stereocenters. The minimum absolute atomic E-state index is 0.154. The largest absolute Gasteiger partial charge is 0.453 e. The summed E-state index contributed by atoms with van der Waals surface area (Å²) in [6.07, 6.45) is 0.751. The Morgan fingerprint density at radius 3 is 2.44 bits per heavy atom. The van der Waals surface area contributed by atoms with Crippen molar-refractivity contribution in [2.24, 2.45) is 11.3 Å². The summed E-state index contributed by atoms with van der Waals surface area (Å²) in [5, 5.41) is 0. The predicted octanol–water partition coefficient (Wildman–Crippen LogP) is 2.14. The fourth-order valence-electron chi connectivity index (χ4n) is 2.24. The molecule has 1 fully saturated rings. The highest BCUT2D eigenvalue weighted by Gasteiger charge is 2.40. The molecule has 1 saturated heterocycles. The minimum Gasteiger partial charge on any atom is -0.453 e. The molecular formula is C12H23NO3. The number of hydrogen-bond donors (Lipinski definition) is 0. The van der Waals surface area contributed by atoms with E-state index in [-0.39, 0.29) is 17.6 Å². The number of rotatable bonds is 2. The van der Waals surface area contributed by atoms with Gasteiger partial charge in [-0.25, -0.2) is 4.79 Å². The van der Waals surface area contributed by atoms with E-state index >= 15 is 0 Å². The molecular weight excluding hydrogens is 206 g/mol. The lowest BCUT2D eigenvalue weighted by Crippen LogP contribution is -2.38. The van der Waals surface area contributed by atoms with Crippen LogP contribution in [0.1, 0.15) is 27.2 Å². The van der Waals surface area contributed by atoms with Gasteiger partial charge in [-0.1, -0.05) is 20.8 Å². The molecule has 0 bridgehead atoms.